The fourth-order valence-corrected chi connectivity index (χ4v) is 3.40. The molecule has 0 fully saturated rings. The first-order chi connectivity index (χ1) is 10.2. The van der Waals surface area contributed by atoms with Gasteiger partial charge in [-0.1, -0.05) is 0 Å². The highest BCUT2D eigenvalue weighted by atomic mass is 32.1. The van der Waals surface area contributed by atoms with Gasteiger partial charge >= 0.3 is 5.97 Å². The molecular weight excluding hydrogens is 292 g/mol. The van der Waals surface area contributed by atoms with E-state index < -0.39 is 5.97 Å². The van der Waals surface area contributed by atoms with Gasteiger partial charge in [0.2, 0.25) is 0 Å². The number of aromatic carboxylic acids is 1. The van der Waals surface area contributed by atoms with Gasteiger partial charge in [0.25, 0.3) is 5.91 Å². The summed E-state index contributed by atoms with van der Waals surface area (Å²) in [7, 11) is 0. The Bertz CT molecular complexity index is 696. The maximum atomic E-state index is 12.1. The van der Waals surface area contributed by atoms with Crippen LogP contribution in [0.5, 0.6) is 0 Å². The van der Waals surface area contributed by atoms with Crippen molar-refractivity contribution in [3.63, 3.8) is 0 Å². The van der Waals surface area contributed by atoms with Crippen LogP contribution in [0, 0.1) is 0 Å². The molecular formula is C14H12N2O4S. The lowest BCUT2D eigenvalue weighted by molar-refractivity contribution is 0.0693. The van der Waals surface area contributed by atoms with Crippen LogP contribution in [-0.4, -0.2) is 28.6 Å². The Morgan fingerprint density at radius 3 is 2.81 bits per heavy atom. The summed E-state index contributed by atoms with van der Waals surface area (Å²) in [6.07, 6.45) is 3.58. The lowest BCUT2D eigenvalue weighted by atomic mass is 10.1. The van der Waals surface area contributed by atoms with E-state index in [1.54, 1.807) is 12.1 Å². The van der Waals surface area contributed by atoms with Crippen LogP contribution >= 0.6 is 11.3 Å². The number of aromatic nitrogens is 1. The molecule has 21 heavy (non-hydrogen) atoms. The SMILES string of the molecule is O=C(Nc1sc2c(c1C(=O)O)CCOC2)c1ccncc1. The summed E-state index contributed by atoms with van der Waals surface area (Å²) >= 11 is 1.26. The number of fused-ring (bicyclic) bond motifs is 1. The fraction of sp³-hybridized carbons (Fsp3) is 0.214. The molecule has 3 heterocycles. The number of carbonyl (C=O) groups is 2. The average Bonchev–Trinajstić information content (AvgIpc) is 2.86. The average molecular weight is 304 g/mol. The van der Waals surface area contributed by atoms with E-state index in [-0.39, 0.29) is 11.5 Å². The molecule has 1 aliphatic heterocycles. The summed E-state index contributed by atoms with van der Waals surface area (Å²) in [5.41, 5.74) is 1.38. The molecule has 0 spiro atoms. The quantitative estimate of drug-likeness (QED) is 0.907. The summed E-state index contributed by atoms with van der Waals surface area (Å²) in [6, 6.07) is 3.15. The normalized spacial score (nSPS) is 13.5. The minimum Gasteiger partial charge on any atom is -0.478 e. The van der Waals surface area contributed by atoms with Crippen molar-refractivity contribution in [3.8, 4) is 0 Å². The maximum absolute atomic E-state index is 12.1. The molecule has 0 unspecified atom stereocenters. The number of carboxylic acids is 1. The molecule has 0 aromatic carbocycles. The van der Waals surface area contributed by atoms with E-state index in [9.17, 15) is 14.7 Å². The van der Waals surface area contributed by atoms with Crippen molar-refractivity contribution in [1.29, 1.82) is 0 Å². The number of carboxylic acid groups (broad SMARTS) is 1. The number of ether oxygens (including phenoxy) is 1. The lowest BCUT2D eigenvalue weighted by Crippen LogP contribution is -2.15. The second-order valence-corrected chi connectivity index (χ2v) is 5.61. The number of pyridine rings is 1. The van der Waals surface area contributed by atoms with Crippen LogP contribution in [0.4, 0.5) is 5.00 Å². The number of hydrogen-bond donors (Lipinski definition) is 2. The van der Waals surface area contributed by atoms with Gasteiger partial charge in [-0.2, -0.15) is 0 Å². The van der Waals surface area contributed by atoms with Gasteiger partial charge in [-0.25, -0.2) is 4.79 Å². The molecule has 0 saturated carbocycles. The highest BCUT2D eigenvalue weighted by Gasteiger charge is 2.26. The van der Waals surface area contributed by atoms with Crippen molar-refractivity contribution >= 4 is 28.2 Å². The summed E-state index contributed by atoms with van der Waals surface area (Å²) in [5, 5.41) is 12.4. The first-order valence-corrected chi connectivity index (χ1v) is 7.15. The van der Waals surface area contributed by atoms with E-state index in [2.05, 4.69) is 10.3 Å². The number of carbonyl (C=O) groups excluding carboxylic acids is 1. The lowest BCUT2D eigenvalue weighted by Gasteiger charge is -2.11. The minimum atomic E-state index is -1.03. The third-order valence-corrected chi connectivity index (χ3v) is 4.32. The molecule has 0 bridgehead atoms. The zero-order chi connectivity index (χ0) is 14.8. The predicted molar refractivity (Wildman–Crippen MR) is 76.8 cm³/mol. The highest BCUT2D eigenvalue weighted by molar-refractivity contribution is 7.17. The molecule has 0 aliphatic carbocycles. The number of rotatable bonds is 3. The van der Waals surface area contributed by atoms with Gasteiger partial charge in [0.05, 0.1) is 18.8 Å². The first-order valence-electron chi connectivity index (χ1n) is 6.33. The van der Waals surface area contributed by atoms with Crippen LogP contribution < -0.4 is 5.32 Å². The molecule has 0 saturated heterocycles. The van der Waals surface area contributed by atoms with Crippen LogP contribution in [0.2, 0.25) is 0 Å². The summed E-state index contributed by atoms with van der Waals surface area (Å²) in [5.74, 6) is -1.38. The van der Waals surface area contributed by atoms with Gasteiger partial charge in [0.1, 0.15) is 5.00 Å². The van der Waals surface area contributed by atoms with Crippen molar-refractivity contribution in [3.05, 3.63) is 46.1 Å². The van der Waals surface area contributed by atoms with E-state index in [4.69, 9.17) is 4.74 Å². The third-order valence-electron chi connectivity index (χ3n) is 3.20. The standard InChI is InChI=1S/C14H12N2O4S/c17-12(8-1-4-15-5-2-8)16-13-11(14(18)19)9-3-6-20-7-10(9)21-13/h1-2,4-5H,3,6-7H2,(H,16,17)(H,18,19). The second kappa shape index (κ2) is 5.63. The molecule has 1 aliphatic rings. The maximum Gasteiger partial charge on any atom is 0.339 e. The van der Waals surface area contributed by atoms with E-state index in [0.717, 1.165) is 10.4 Å². The number of thiophene rings is 1. The largest absolute Gasteiger partial charge is 0.478 e. The van der Waals surface area contributed by atoms with Crippen molar-refractivity contribution in [2.45, 2.75) is 13.0 Å². The Labute approximate surface area is 124 Å². The molecule has 2 N–H and O–H groups in total. The predicted octanol–water partition coefficient (Wildman–Crippen LogP) is 2.17. The zero-order valence-electron chi connectivity index (χ0n) is 11.0. The molecule has 0 radical (unpaired) electrons. The number of anilines is 1. The van der Waals surface area contributed by atoms with Crippen molar-refractivity contribution in [2.24, 2.45) is 0 Å². The van der Waals surface area contributed by atoms with Gasteiger partial charge in [-0.15, -0.1) is 11.3 Å². The summed E-state index contributed by atoms with van der Waals surface area (Å²) in [6.45, 7) is 0.896. The smallest absolute Gasteiger partial charge is 0.339 e. The second-order valence-electron chi connectivity index (χ2n) is 4.51. The fourth-order valence-electron chi connectivity index (χ4n) is 2.23. The Balaban J connectivity index is 1.94. The molecule has 108 valence electrons. The van der Waals surface area contributed by atoms with Crippen molar-refractivity contribution in [2.75, 3.05) is 11.9 Å². The Kier molecular flexibility index (Phi) is 3.68. The Morgan fingerprint density at radius 1 is 1.33 bits per heavy atom. The van der Waals surface area contributed by atoms with Gasteiger partial charge in [-0.05, 0) is 24.1 Å². The number of nitrogens with zero attached hydrogens (tertiary/aromatic N) is 1. The van der Waals surface area contributed by atoms with Crippen molar-refractivity contribution in [1.82, 2.24) is 4.98 Å². The van der Waals surface area contributed by atoms with Crippen LogP contribution in [0.15, 0.2) is 24.5 Å². The molecule has 1 amide bonds. The minimum absolute atomic E-state index is 0.181. The van der Waals surface area contributed by atoms with Gasteiger partial charge in [0, 0.05) is 22.8 Å². The zero-order valence-corrected chi connectivity index (χ0v) is 11.8. The van der Waals surface area contributed by atoms with E-state index in [1.807, 2.05) is 0 Å². The Hall–Kier alpha value is -2.25. The topological polar surface area (TPSA) is 88.5 Å². The molecule has 7 heteroatoms. The monoisotopic (exact) mass is 304 g/mol. The summed E-state index contributed by atoms with van der Waals surface area (Å²) < 4.78 is 5.33. The van der Waals surface area contributed by atoms with E-state index in [1.165, 1.54) is 23.7 Å². The molecule has 0 atom stereocenters. The first kappa shape index (κ1) is 13.7. The van der Waals surface area contributed by atoms with Gasteiger partial charge < -0.3 is 15.2 Å². The number of nitrogens with one attached hydrogen (secondary N) is 1. The summed E-state index contributed by atoms with van der Waals surface area (Å²) in [4.78, 5) is 28.3. The molecule has 3 rings (SSSR count). The van der Waals surface area contributed by atoms with Gasteiger partial charge in [0.15, 0.2) is 0 Å². The van der Waals surface area contributed by atoms with Crippen LogP contribution in [0.1, 0.15) is 31.2 Å². The van der Waals surface area contributed by atoms with Gasteiger partial charge in [-0.3, -0.25) is 9.78 Å². The van der Waals surface area contributed by atoms with Crippen LogP contribution in [0.3, 0.4) is 0 Å². The number of amides is 1. The molecule has 6 nitrogen and oxygen atoms in total. The van der Waals surface area contributed by atoms with E-state index in [0.29, 0.717) is 30.2 Å². The molecule has 2 aromatic rings. The van der Waals surface area contributed by atoms with Crippen LogP contribution in [0.25, 0.3) is 0 Å². The van der Waals surface area contributed by atoms with E-state index >= 15 is 0 Å². The van der Waals surface area contributed by atoms with Crippen molar-refractivity contribution < 1.29 is 19.4 Å². The molecule has 2 aromatic heterocycles. The Morgan fingerprint density at radius 2 is 2.10 bits per heavy atom. The van der Waals surface area contributed by atoms with Crippen LogP contribution in [-0.2, 0) is 17.8 Å². The number of hydrogen-bond acceptors (Lipinski definition) is 5. The highest BCUT2D eigenvalue weighted by Crippen LogP contribution is 2.36. The third kappa shape index (κ3) is 2.65.